The maximum absolute atomic E-state index is 12.2. The Bertz CT molecular complexity index is 755. The summed E-state index contributed by atoms with van der Waals surface area (Å²) >= 11 is 0. The third-order valence-electron chi connectivity index (χ3n) is 5.02. The predicted octanol–water partition coefficient (Wildman–Crippen LogP) is 1.20. The van der Waals surface area contributed by atoms with E-state index in [1.807, 2.05) is 31.2 Å². The molecule has 0 unspecified atom stereocenters. The lowest BCUT2D eigenvalue weighted by Gasteiger charge is -2.34. The van der Waals surface area contributed by atoms with E-state index in [0.717, 1.165) is 31.9 Å². The normalized spacial score (nSPS) is 14.8. The van der Waals surface area contributed by atoms with E-state index in [-0.39, 0.29) is 5.91 Å². The van der Waals surface area contributed by atoms with Crippen LogP contribution >= 0.6 is 0 Å². The van der Waals surface area contributed by atoms with Crippen molar-refractivity contribution in [2.24, 2.45) is 0 Å². The molecule has 0 spiro atoms. The van der Waals surface area contributed by atoms with Crippen LogP contribution in [0.2, 0.25) is 0 Å². The molecule has 1 aliphatic heterocycles. The molecule has 0 bridgehead atoms. The number of hydrogen-bond acceptors (Lipinski definition) is 3. The SMILES string of the molecule is Cc1cccc(OCCNC(=O)C[NH+]2CCN(c3ccccc3C)CC2)c1. The molecule has 2 aromatic carbocycles. The van der Waals surface area contributed by atoms with Gasteiger partial charge in [0.05, 0.1) is 32.7 Å². The monoisotopic (exact) mass is 368 g/mol. The summed E-state index contributed by atoms with van der Waals surface area (Å²) in [4.78, 5) is 15.9. The van der Waals surface area contributed by atoms with Crippen molar-refractivity contribution in [3.8, 4) is 5.75 Å². The first-order chi connectivity index (χ1) is 13.1. The number of hydrogen-bond donors (Lipinski definition) is 2. The molecule has 27 heavy (non-hydrogen) atoms. The lowest BCUT2D eigenvalue weighted by atomic mass is 10.1. The Morgan fingerprint density at radius 1 is 1.11 bits per heavy atom. The number of piperazine rings is 1. The van der Waals surface area contributed by atoms with Crippen molar-refractivity contribution in [1.29, 1.82) is 0 Å². The summed E-state index contributed by atoms with van der Waals surface area (Å²) in [5.74, 6) is 0.949. The second-order valence-electron chi connectivity index (χ2n) is 7.22. The molecule has 0 saturated carbocycles. The molecule has 5 nitrogen and oxygen atoms in total. The molecule has 1 amide bonds. The second kappa shape index (κ2) is 9.42. The zero-order valence-electron chi connectivity index (χ0n) is 16.3. The Labute approximate surface area is 161 Å². The number of carbonyl (C=O) groups is 1. The topological polar surface area (TPSA) is 46.0 Å². The highest BCUT2D eigenvalue weighted by Crippen LogP contribution is 2.18. The number of para-hydroxylation sites is 1. The van der Waals surface area contributed by atoms with E-state index in [1.165, 1.54) is 21.7 Å². The number of nitrogens with one attached hydrogen (secondary N) is 2. The van der Waals surface area contributed by atoms with Crippen LogP contribution < -0.4 is 19.9 Å². The van der Waals surface area contributed by atoms with Gasteiger partial charge in [0.2, 0.25) is 0 Å². The zero-order valence-corrected chi connectivity index (χ0v) is 16.3. The first-order valence-corrected chi connectivity index (χ1v) is 9.72. The molecule has 0 atom stereocenters. The molecule has 0 radical (unpaired) electrons. The Morgan fingerprint density at radius 2 is 1.89 bits per heavy atom. The Kier molecular flexibility index (Phi) is 6.71. The summed E-state index contributed by atoms with van der Waals surface area (Å²) in [5.41, 5.74) is 3.80. The first kappa shape index (κ1) is 19.2. The summed E-state index contributed by atoms with van der Waals surface area (Å²) in [5, 5.41) is 2.97. The summed E-state index contributed by atoms with van der Waals surface area (Å²) in [6.45, 7) is 9.71. The highest BCUT2D eigenvalue weighted by atomic mass is 16.5. The van der Waals surface area contributed by atoms with Crippen LogP contribution in [0.25, 0.3) is 0 Å². The Hall–Kier alpha value is -2.53. The highest BCUT2D eigenvalue weighted by Gasteiger charge is 2.22. The van der Waals surface area contributed by atoms with E-state index in [2.05, 4.69) is 41.4 Å². The number of carbonyl (C=O) groups excluding carboxylic acids is 1. The smallest absolute Gasteiger partial charge is 0.275 e. The molecule has 0 aromatic heterocycles. The minimum absolute atomic E-state index is 0.0992. The molecule has 1 fully saturated rings. The van der Waals surface area contributed by atoms with Gasteiger partial charge in [0.1, 0.15) is 12.4 Å². The molecule has 1 saturated heterocycles. The standard InChI is InChI=1S/C22H29N3O2/c1-18-6-5-8-20(16-18)27-15-10-23-22(26)17-24-11-13-25(14-12-24)21-9-4-3-7-19(21)2/h3-9,16H,10-15,17H2,1-2H3,(H,23,26)/p+1. The van der Waals surface area contributed by atoms with Crippen molar-refractivity contribution in [2.45, 2.75) is 13.8 Å². The zero-order chi connectivity index (χ0) is 19.1. The number of quaternary nitrogens is 1. The lowest BCUT2D eigenvalue weighted by Crippen LogP contribution is -3.16. The molecular weight excluding hydrogens is 338 g/mol. The maximum atomic E-state index is 12.2. The number of nitrogens with zero attached hydrogens (tertiary/aromatic N) is 1. The van der Waals surface area contributed by atoms with Gasteiger partial charge in [-0.3, -0.25) is 4.79 Å². The summed E-state index contributed by atoms with van der Waals surface area (Å²) in [7, 11) is 0. The van der Waals surface area contributed by atoms with Crippen LogP contribution in [0.3, 0.4) is 0 Å². The van der Waals surface area contributed by atoms with Gasteiger partial charge in [-0.05, 0) is 43.2 Å². The number of anilines is 1. The van der Waals surface area contributed by atoms with Crippen molar-refractivity contribution in [1.82, 2.24) is 5.32 Å². The molecule has 2 N–H and O–H groups in total. The van der Waals surface area contributed by atoms with Crippen LogP contribution in [0.1, 0.15) is 11.1 Å². The first-order valence-electron chi connectivity index (χ1n) is 9.72. The van der Waals surface area contributed by atoms with E-state index < -0.39 is 0 Å². The van der Waals surface area contributed by atoms with Gasteiger partial charge in [-0.15, -0.1) is 0 Å². The minimum atomic E-state index is 0.0992. The van der Waals surface area contributed by atoms with E-state index >= 15 is 0 Å². The van der Waals surface area contributed by atoms with Gasteiger partial charge in [-0.1, -0.05) is 30.3 Å². The number of rotatable bonds is 7. The van der Waals surface area contributed by atoms with E-state index in [1.54, 1.807) is 0 Å². The second-order valence-corrected chi connectivity index (χ2v) is 7.22. The van der Waals surface area contributed by atoms with Crippen LogP contribution in [0.15, 0.2) is 48.5 Å². The molecular formula is C22H30N3O2+. The molecule has 1 heterocycles. The summed E-state index contributed by atoms with van der Waals surface area (Å²) in [6, 6.07) is 16.5. The van der Waals surface area contributed by atoms with Crippen LogP contribution in [0.4, 0.5) is 5.69 Å². The molecule has 3 rings (SSSR count). The maximum Gasteiger partial charge on any atom is 0.275 e. The fraction of sp³-hybridized carbons (Fsp3) is 0.409. The molecule has 1 aliphatic rings. The van der Waals surface area contributed by atoms with Crippen LogP contribution in [0, 0.1) is 13.8 Å². The molecule has 2 aromatic rings. The van der Waals surface area contributed by atoms with Gasteiger partial charge < -0.3 is 19.9 Å². The molecule has 0 aliphatic carbocycles. The third kappa shape index (κ3) is 5.73. The van der Waals surface area contributed by atoms with Gasteiger partial charge >= 0.3 is 0 Å². The van der Waals surface area contributed by atoms with Gasteiger partial charge in [-0.2, -0.15) is 0 Å². The van der Waals surface area contributed by atoms with Crippen molar-refractivity contribution in [2.75, 3.05) is 50.8 Å². The van der Waals surface area contributed by atoms with E-state index in [9.17, 15) is 4.79 Å². The van der Waals surface area contributed by atoms with Crippen LogP contribution in [0.5, 0.6) is 5.75 Å². The van der Waals surface area contributed by atoms with E-state index in [4.69, 9.17) is 4.74 Å². The van der Waals surface area contributed by atoms with Gasteiger partial charge in [0, 0.05) is 5.69 Å². The van der Waals surface area contributed by atoms with Crippen molar-refractivity contribution in [3.05, 3.63) is 59.7 Å². The summed E-state index contributed by atoms with van der Waals surface area (Å²) in [6.07, 6.45) is 0. The number of ether oxygens (including phenoxy) is 1. The fourth-order valence-corrected chi connectivity index (χ4v) is 3.51. The van der Waals surface area contributed by atoms with Gasteiger partial charge in [-0.25, -0.2) is 0 Å². The van der Waals surface area contributed by atoms with Crippen LogP contribution in [-0.4, -0.2) is 51.8 Å². The predicted molar refractivity (Wildman–Crippen MR) is 109 cm³/mol. The quantitative estimate of drug-likeness (QED) is 0.722. The Morgan fingerprint density at radius 3 is 2.63 bits per heavy atom. The van der Waals surface area contributed by atoms with Crippen LogP contribution in [-0.2, 0) is 4.79 Å². The van der Waals surface area contributed by atoms with Crippen molar-refractivity contribution in [3.63, 3.8) is 0 Å². The molecule has 144 valence electrons. The van der Waals surface area contributed by atoms with E-state index in [0.29, 0.717) is 19.7 Å². The van der Waals surface area contributed by atoms with Gasteiger partial charge in [0.15, 0.2) is 6.54 Å². The lowest BCUT2D eigenvalue weighted by molar-refractivity contribution is -0.892. The number of amides is 1. The van der Waals surface area contributed by atoms with Crippen molar-refractivity contribution >= 4 is 11.6 Å². The number of benzene rings is 2. The Balaban J connectivity index is 1.34. The largest absolute Gasteiger partial charge is 0.492 e. The summed E-state index contributed by atoms with van der Waals surface area (Å²) < 4.78 is 5.67. The average Bonchev–Trinajstić information content (AvgIpc) is 2.67. The fourth-order valence-electron chi connectivity index (χ4n) is 3.51. The molecule has 5 heteroatoms. The number of aryl methyl sites for hydroxylation is 2. The third-order valence-corrected chi connectivity index (χ3v) is 5.02. The van der Waals surface area contributed by atoms with Gasteiger partial charge in [0.25, 0.3) is 5.91 Å². The highest BCUT2D eigenvalue weighted by molar-refractivity contribution is 5.76. The minimum Gasteiger partial charge on any atom is -0.492 e. The van der Waals surface area contributed by atoms with Crippen molar-refractivity contribution < 1.29 is 14.4 Å². The average molecular weight is 369 g/mol.